The molecule has 1 aromatic heterocycles. The lowest BCUT2D eigenvalue weighted by Crippen LogP contribution is -2.49. The Bertz CT molecular complexity index is 1930. The molecule has 1 saturated carbocycles. The van der Waals surface area contributed by atoms with E-state index >= 15 is 0 Å². The number of hydrogen-bond acceptors (Lipinski definition) is 6. The zero-order valence-electron chi connectivity index (χ0n) is 29.1. The number of halogens is 1. The Hall–Kier alpha value is -3.60. The van der Waals surface area contributed by atoms with Crippen molar-refractivity contribution in [2.45, 2.75) is 70.4 Å². The fourth-order valence-corrected chi connectivity index (χ4v) is 10.4. The summed E-state index contributed by atoms with van der Waals surface area (Å²) in [5.74, 6) is 0.204. The number of carbonyl (C=O) groups excluding carboxylic acids is 2. The van der Waals surface area contributed by atoms with Crippen LogP contribution in [0.2, 0.25) is 5.02 Å². The van der Waals surface area contributed by atoms with Crippen LogP contribution in [-0.4, -0.2) is 59.3 Å². The highest BCUT2D eigenvalue weighted by Gasteiger charge is 2.44. The summed E-state index contributed by atoms with van der Waals surface area (Å²) in [6.07, 6.45) is 13.4. The number of amides is 2. The van der Waals surface area contributed by atoms with Gasteiger partial charge in [0.1, 0.15) is 15.7 Å². The maximum absolute atomic E-state index is 14.5. The van der Waals surface area contributed by atoms with Gasteiger partial charge in [-0.1, -0.05) is 36.7 Å². The first-order chi connectivity index (χ1) is 24.1. The fraction of sp³-hybridized carbons (Fsp3) is 0.487. The largest absolute Gasteiger partial charge is 0.490 e. The van der Waals surface area contributed by atoms with Crippen molar-refractivity contribution >= 4 is 39.0 Å². The van der Waals surface area contributed by atoms with Crippen molar-refractivity contribution in [2.24, 2.45) is 22.1 Å². The summed E-state index contributed by atoms with van der Waals surface area (Å²) in [7, 11) is -1.72. The second-order valence-corrected chi connectivity index (χ2v) is 17.1. The fourth-order valence-electron chi connectivity index (χ4n) is 8.34. The molecule has 0 radical (unpaired) electrons. The van der Waals surface area contributed by atoms with E-state index in [2.05, 4.69) is 38.3 Å². The first kappa shape index (κ1) is 34.8. The number of methoxy groups -OCH3 is 1. The molecule has 2 aliphatic heterocycles. The molecule has 4 aliphatic rings. The topological polar surface area (TPSA) is 102 Å². The van der Waals surface area contributed by atoms with Crippen LogP contribution in [0.3, 0.4) is 0 Å². The smallest absolute Gasteiger partial charge is 0.286 e. The number of nitrogens with one attached hydrogen (secondary N) is 1. The Balaban J connectivity index is 1.30. The molecular weight excluding hydrogens is 672 g/mol. The number of carbonyl (C=O) groups is 2. The molecule has 266 valence electrons. The minimum absolute atomic E-state index is 0.0269. The van der Waals surface area contributed by atoms with Crippen LogP contribution >= 0.6 is 11.6 Å². The van der Waals surface area contributed by atoms with Crippen molar-refractivity contribution in [3.8, 4) is 5.75 Å². The van der Waals surface area contributed by atoms with Gasteiger partial charge in [0.15, 0.2) is 0 Å². The van der Waals surface area contributed by atoms with Crippen LogP contribution in [0.4, 0.5) is 5.69 Å². The molecule has 0 saturated heterocycles. The van der Waals surface area contributed by atoms with E-state index < -0.39 is 21.7 Å². The highest BCUT2D eigenvalue weighted by molar-refractivity contribution is 7.92. The van der Waals surface area contributed by atoms with Crippen LogP contribution in [0, 0.1) is 17.8 Å². The van der Waals surface area contributed by atoms with Crippen LogP contribution in [0.5, 0.6) is 5.75 Å². The van der Waals surface area contributed by atoms with Crippen LogP contribution in [0.25, 0.3) is 0 Å². The van der Waals surface area contributed by atoms with Crippen molar-refractivity contribution in [3.63, 3.8) is 0 Å². The van der Waals surface area contributed by atoms with Gasteiger partial charge < -0.3 is 18.9 Å². The van der Waals surface area contributed by atoms with Gasteiger partial charge in [-0.3, -0.25) is 14.3 Å². The third-order valence-corrected chi connectivity index (χ3v) is 13.4. The van der Waals surface area contributed by atoms with Crippen molar-refractivity contribution in [3.05, 3.63) is 94.3 Å². The van der Waals surface area contributed by atoms with Crippen LogP contribution in [-0.2, 0) is 33.0 Å². The number of rotatable bonds is 4. The molecule has 2 aromatic carbocycles. The average Bonchev–Trinajstić information content (AvgIpc) is 3.52. The van der Waals surface area contributed by atoms with Gasteiger partial charge in [0, 0.05) is 55.1 Å². The van der Waals surface area contributed by atoms with Crippen LogP contribution in [0.1, 0.15) is 77.8 Å². The summed E-state index contributed by atoms with van der Waals surface area (Å²) in [4.78, 5) is 29.7. The van der Waals surface area contributed by atoms with Crippen molar-refractivity contribution in [1.29, 1.82) is 0 Å². The Morgan fingerprint density at radius 2 is 2.06 bits per heavy atom. The molecular formula is C39H47ClN4O5S. The van der Waals surface area contributed by atoms with Gasteiger partial charge in [0.2, 0.25) is 0 Å². The Morgan fingerprint density at radius 1 is 1.20 bits per heavy atom. The number of benzene rings is 2. The molecule has 7 rings (SSSR count). The molecule has 50 heavy (non-hydrogen) atoms. The summed E-state index contributed by atoms with van der Waals surface area (Å²) >= 11 is 6.46. The van der Waals surface area contributed by atoms with E-state index in [1.165, 1.54) is 11.1 Å². The molecule has 11 heteroatoms. The van der Waals surface area contributed by atoms with E-state index in [-0.39, 0.29) is 23.2 Å². The molecule has 1 fully saturated rings. The van der Waals surface area contributed by atoms with E-state index in [9.17, 15) is 13.8 Å². The molecule has 6 atom stereocenters. The minimum atomic E-state index is -3.49. The SMILES string of the molecule is CCn1ccc(C(=O)NS2(=O)=NC(=O)c3ccc4c(c3)N(C[C@@H]3CC[C@H]3[C@@H](OC)/C=C/C[C@H](C)C2)C[C@@]2(CCCc3cc(Cl)ccc32)CO4)c1. The van der Waals surface area contributed by atoms with Crippen LogP contribution in [0.15, 0.2) is 71.4 Å². The van der Waals surface area contributed by atoms with Gasteiger partial charge in [-0.25, -0.2) is 4.21 Å². The number of hydrogen-bond donors (Lipinski definition) is 1. The maximum atomic E-state index is 14.5. The number of aromatic nitrogens is 1. The molecule has 2 bridgehead atoms. The maximum Gasteiger partial charge on any atom is 0.286 e. The number of ether oxygens (including phenoxy) is 2. The van der Waals surface area contributed by atoms with Gasteiger partial charge >= 0.3 is 0 Å². The van der Waals surface area contributed by atoms with Gasteiger partial charge in [-0.15, -0.1) is 4.36 Å². The molecule has 1 spiro atoms. The molecule has 2 amide bonds. The zero-order chi connectivity index (χ0) is 35.0. The molecule has 2 aliphatic carbocycles. The van der Waals surface area contributed by atoms with E-state index in [1.807, 2.05) is 36.6 Å². The molecule has 1 unspecified atom stereocenters. The lowest BCUT2D eigenvalue weighted by Gasteiger charge is -2.46. The number of allylic oxidation sites excluding steroid dienone is 1. The summed E-state index contributed by atoms with van der Waals surface area (Å²) in [5, 5.41) is 0.744. The van der Waals surface area contributed by atoms with Crippen molar-refractivity contribution in [1.82, 2.24) is 9.29 Å². The Morgan fingerprint density at radius 3 is 2.82 bits per heavy atom. The zero-order valence-corrected chi connectivity index (χ0v) is 30.7. The molecule has 9 nitrogen and oxygen atoms in total. The number of aryl methyl sites for hydroxylation is 2. The normalized spacial score (nSPS) is 30.2. The first-order valence-electron chi connectivity index (χ1n) is 17.9. The van der Waals surface area contributed by atoms with Crippen molar-refractivity contribution < 1.29 is 23.3 Å². The van der Waals surface area contributed by atoms with E-state index in [1.54, 1.807) is 31.6 Å². The standard InChI is InChI=1S/C39H47ClN4O5S/c1-4-43-18-16-30(21-43)38(46)42-50(47)23-26(2)7-5-9-35(48-3)32-13-10-29(32)22-44-24-39(17-6-8-27-19-31(40)12-14-33(27)39)25-49-36-15-11-28(20-34(36)44)37(45)41-50/h5,9,11-12,14-16,18-21,26,29,32,35H,4,6-8,10,13,17,22-25H2,1-3H3,(H,41,42,45,46,47)/b9-5+/t26-,29-,32+,35-,39-,50?/m0/s1. The number of nitrogens with zero attached hydrogens (tertiary/aromatic N) is 3. The third kappa shape index (κ3) is 6.99. The minimum Gasteiger partial charge on any atom is -0.490 e. The molecule has 3 heterocycles. The average molecular weight is 719 g/mol. The lowest BCUT2D eigenvalue weighted by atomic mass is 9.68. The summed E-state index contributed by atoms with van der Waals surface area (Å²) in [6, 6.07) is 13.3. The Labute approximate surface area is 300 Å². The highest BCUT2D eigenvalue weighted by atomic mass is 35.5. The van der Waals surface area contributed by atoms with E-state index in [0.717, 1.165) is 55.9 Å². The number of fused-ring (bicyclic) bond motifs is 4. The predicted molar refractivity (Wildman–Crippen MR) is 197 cm³/mol. The van der Waals surface area contributed by atoms with Gasteiger partial charge in [-0.05, 0) is 111 Å². The predicted octanol–water partition coefficient (Wildman–Crippen LogP) is 7.22. The van der Waals surface area contributed by atoms with Gasteiger partial charge in [0.05, 0.1) is 29.7 Å². The van der Waals surface area contributed by atoms with Gasteiger partial charge in [0.25, 0.3) is 11.8 Å². The monoisotopic (exact) mass is 718 g/mol. The summed E-state index contributed by atoms with van der Waals surface area (Å²) in [5.41, 5.74) is 3.80. The summed E-state index contributed by atoms with van der Waals surface area (Å²) in [6.45, 7) is 6.66. The second kappa shape index (κ2) is 14.2. The Kier molecular flexibility index (Phi) is 9.89. The van der Waals surface area contributed by atoms with Gasteiger partial charge in [-0.2, -0.15) is 0 Å². The highest BCUT2D eigenvalue weighted by Crippen LogP contribution is 2.47. The van der Waals surface area contributed by atoms with Crippen LogP contribution < -0.4 is 14.4 Å². The van der Waals surface area contributed by atoms with E-state index in [4.69, 9.17) is 21.1 Å². The summed E-state index contributed by atoms with van der Waals surface area (Å²) < 4.78 is 36.0. The second-order valence-electron chi connectivity index (χ2n) is 14.6. The quantitative estimate of drug-likeness (QED) is 0.286. The first-order valence-corrected chi connectivity index (χ1v) is 19.9. The van der Waals surface area contributed by atoms with E-state index in [0.29, 0.717) is 48.3 Å². The third-order valence-electron chi connectivity index (χ3n) is 11.1. The molecule has 3 aromatic rings. The van der Waals surface area contributed by atoms with Crippen molar-refractivity contribution in [2.75, 3.05) is 37.5 Å². The lowest BCUT2D eigenvalue weighted by molar-refractivity contribution is 0.0131. The molecule has 1 N–H and O–H groups in total. The number of anilines is 1.